The summed E-state index contributed by atoms with van der Waals surface area (Å²) in [6.07, 6.45) is 80.1. The molecule has 0 bridgehead atoms. The Morgan fingerprint density at radius 2 is 0.346 bits per heavy atom. The van der Waals surface area contributed by atoms with Crippen LogP contribution in [0.4, 0.5) is 0 Å². The molecule has 0 aromatic rings. The quantitative estimate of drug-likeness (QED) is 0.0343. The van der Waals surface area contributed by atoms with Crippen molar-refractivity contribution in [3.63, 3.8) is 0 Å². The monoisotopic (exact) mass is 1100 g/mol. The Morgan fingerprint density at radius 1 is 0.205 bits per heavy atom. The van der Waals surface area contributed by atoms with Crippen LogP contribution in [-0.4, -0.2) is 37.2 Å². The molecule has 0 aliphatic heterocycles. The van der Waals surface area contributed by atoms with Gasteiger partial charge in [-0.05, 0) is 19.3 Å². The van der Waals surface area contributed by atoms with Crippen molar-refractivity contribution in [2.24, 2.45) is 0 Å². The molecule has 1 atom stereocenters. The topological polar surface area (TPSA) is 78.9 Å². The van der Waals surface area contributed by atoms with E-state index < -0.39 is 6.10 Å². The number of esters is 3. The third-order valence-corrected chi connectivity index (χ3v) is 16.9. The molecular weight excluding hydrogens is 961 g/mol. The lowest BCUT2D eigenvalue weighted by Gasteiger charge is -2.18. The average molecular weight is 1100 g/mol. The van der Waals surface area contributed by atoms with E-state index in [1.54, 1.807) is 0 Å². The Hall–Kier alpha value is -1.59. The van der Waals surface area contributed by atoms with Crippen molar-refractivity contribution in [2.45, 2.75) is 431 Å². The van der Waals surface area contributed by atoms with Crippen molar-refractivity contribution in [1.29, 1.82) is 0 Å². The number of unbranched alkanes of at least 4 members (excludes halogenated alkanes) is 57. The van der Waals surface area contributed by atoms with Gasteiger partial charge < -0.3 is 14.2 Å². The first-order chi connectivity index (χ1) is 38.5. The first-order valence-corrected chi connectivity index (χ1v) is 36.0. The molecule has 0 aromatic heterocycles. The van der Waals surface area contributed by atoms with Crippen LogP contribution in [0.15, 0.2) is 0 Å². The largest absolute Gasteiger partial charge is 0.462 e. The van der Waals surface area contributed by atoms with Gasteiger partial charge in [0.05, 0.1) is 0 Å². The maximum atomic E-state index is 12.9. The Balaban J connectivity index is 4.10. The normalized spacial score (nSPS) is 11.9. The third kappa shape index (κ3) is 65.2. The summed E-state index contributed by atoms with van der Waals surface area (Å²) in [4.78, 5) is 38.4. The van der Waals surface area contributed by atoms with Gasteiger partial charge in [-0.15, -0.1) is 0 Å². The molecule has 0 N–H and O–H groups in total. The van der Waals surface area contributed by atoms with Crippen molar-refractivity contribution in [2.75, 3.05) is 13.2 Å². The average Bonchev–Trinajstić information content (AvgIpc) is 3.44. The number of carbonyl (C=O) groups is 3. The van der Waals surface area contributed by atoms with E-state index in [1.807, 2.05) is 0 Å². The van der Waals surface area contributed by atoms with Crippen molar-refractivity contribution in [3.05, 3.63) is 0 Å². The fourth-order valence-electron chi connectivity index (χ4n) is 11.5. The number of hydrogen-bond donors (Lipinski definition) is 0. The van der Waals surface area contributed by atoms with Crippen LogP contribution in [0, 0.1) is 0 Å². The van der Waals surface area contributed by atoms with Crippen LogP contribution < -0.4 is 0 Å². The van der Waals surface area contributed by atoms with Crippen LogP contribution in [-0.2, 0) is 28.6 Å². The van der Waals surface area contributed by atoms with E-state index in [1.165, 1.54) is 327 Å². The van der Waals surface area contributed by atoms with Gasteiger partial charge in [0.25, 0.3) is 0 Å². The van der Waals surface area contributed by atoms with Gasteiger partial charge in [-0.1, -0.05) is 387 Å². The Kier molecular flexibility index (Phi) is 66.5. The molecule has 0 saturated carbocycles. The maximum absolute atomic E-state index is 12.9. The van der Waals surface area contributed by atoms with Gasteiger partial charge >= 0.3 is 17.9 Å². The van der Waals surface area contributed by atoms with Gasteiger partial charge in [-0.25, -0.2) is 0 Å². The summed E-state index contributed by atoms with van der Waals surface area (Å²) in [5, 5.41) is 0. The van der Waals surface area contributed by atoms with Gasteiger partial charge in [0.15, 0.2) is 6.10 Å². The predicted molar refractivity (Wildman–Crippen MR) is 340 cm³/mol. The smallest absolute Gasteiger partial charge is 0.306 e. The number of rotatable bonds is 68. The summed E-state index contributed by atoms with van der Waals surface area (Å²) in [6, 6.07) is 0. The highest BCUT2D eigenvalue weighted by molar-refractivity contribution is 5.71. The minimum Gasteiger partial charge on any atom is -0.462 e. The van der Waals surface area contributed by atoms with Gasteiger partial charge in [0, 0.05) is 19.3 Å². The van der Waals surface area contributed by atoms with E-state index in [2.05, 4.69) is 20.8 Å². The molecule has 0 aliphatic rings. The molecule has 0 aliphatic carbocycles. The lowest BCUT2D eigenvalue weighted by atomic mass is 10.0. The van der Waals surface area contributed by atoms with E-state index in [0.717, 1.165) is 57.8 Å². The Bertz CT molecular complexity index is 1170. The lowest BCUT2D eigenvalue weighted by molar-refractivity contribution is -0.167. The second-order valence-corrected chi connectivity index (χ2v) is 24.9. The molecule has 78 heavy (non-hydrogen) atoms. The molecule has 0 fully saturated rings. The molecule has 1 unspecified atom stereocenters. The molecule has 464 valence electrons. The van der Waals surface area contributed by atoms with Crippen LogP contribution in [0.2, 0.25) is 0 Å². The van der Waals surface area contributed by atoms with Gasteiger partial charge in [0.1, 0.15) is 13.2 Å². The molecular formula is C72H140O6. The van der Waals surface area contributed by atoms with E-state index in [4.69, 9.17) is 14.2 Å². The summed E-state index contributed by atoms with van der Waals surface area (Å²) in [5.41, 5.74) is 0. The van der Waals surface area contributed by atoms with Crippen LogP contribution in [0.1, 0.15) is 425 Å². The minimum atomic E-state index is -0.763. The zero-order valence-corrected chi connectivity index (χ0v) is 53.5. The number of hydrogen-bond acceptors (Lipinski definition) is 6. The number of carbonyl (C=O) groups excluding carboxylic acids is 3. The standard InChI is InChI=1S/C72H140O6/c1-4-7-10-13-16-19-22-25-27-29-30-31-32-33-34-35-36-37-38-39-40-41-43-44-47-50-53-56-59-62-65-71(74)77-68-69(67-76-70(73)64-61-58-55-52-49-46-24-21-18-15-12-9-6-3)78-72(75)66-63-60-57-54-51-48-45-42-28-26-23-20-17-14-11-8-5-2/h69H,4-68H2,1-3H3. The first kappa shape index (κ1) is 76.4. The molecule has 0 heterocycles. The van der Waals surface area contributed by atoms with E-state index in [0.29, 0.717) is 19.3 Å². The zero-order valence-electron chi connectivity index (χ0n) is 53.5. The number of ether oxygens (including phenoxy) is 3. The van der Waals surface area contributed by atoms with Crippen molar-refractivity contribution >= 4 is 17.9 Å². The van der Waals surface area contributed by atoms with Crippen LogP contribution in [0.5, 0.6) is 0 Å². The molecule has 0 aromatic carbocycles. The summed E-state index contributed by atoms with van der Waals surface area (Å²) in [6.45, 7) is 6.74. The summed E-state index contributed by atoms with van der Waals surface area (Å²) < 4.78 is 17.0. The predicted octanol–water partition coefficient (Wildman–Crippen LogP) is 24.6. The lowest BCUT2D eigenvalue weighted by Crippen LogP contribution is -2.30. The molecule has 6 heteroatoms. The second kappa shape index (κ2) is 67.9. The fourth-order valence-corrected chi connectivity index (χ4v) is 11.5. The van der Waals surface area contributed by atoms with Crippen molar-refractivity contribution < 1.29 is 28.6 Å². The van der Waals surface area contributed by atoms with E-state index in [-0.39, 0.29) is 31.1 Å². The fraction of sp³-hybridized carbons (Fsp3) is 0.958. The van der Waals surface area contributed by atoms with Gasteiger partial charge in [-0.2, -0.15) is 0 Å². The van der Waals surface area contributed by atoms with Crippen LogP contribution in [0.25, 0.3) is 0 Å². The highest BCUT2D eigenvalue weighted by Crippen LogP contribution is 2.20. The third-order valence-electron chi connectivity index (χ3n) is 16.9. The molecule has 0 radical (unpaired) electrons. The highest BCUT2D eigenvalue weighted by Gasteiger charge is 2.20. The minimum absolute atomic E-state index is 0.0603. The highest BCUT2D eigenvalue weighted by atomic mass is 16.6. The van der Waals surface area contributed by atoms with Crippen molar-refractivity contribution in [1.82, 2.24) is 0 Å². The summed E-state index contributed by atoms with van der Waals surface area (Å²) in [7, 11) is 0. The Labute approximate surface area is 488 Å². The van der Waals surface area contributed by atoms with Crippen LogP contribution >= 0.6 is 0 Å². The summed E-state index contributed by atoms with van der Waals surface area (Å²) >= 11 is 0. The molecule has 0 amide bonds. The second-order valence-electron chi connectivity index (χ2n) is 24.9. The molecule has 6 nitrogen and oxygen atoms in total. The maximum Gasteiger partial charge on any atom is 0.306 e. The van der Waals surface area contributed by atoms with Gasteiger partial charge in [0.2, 0.25) is 0 Å². The molecule has 0 rings (SSSR count). The first-order valence-electron chi connectivity index (χ1n) is 36.0. The Morgan fingerprint density at radius 3 is 0.513 bits per heavy atom. The van der Waals surface area contributed by atoms with Gasteiger partial charge in [-0.3, -0.25) is 14.4 Å². The summed E-state index contributed by atoms with van der Waals surface area (Å²) in [5.74, 6) is -0.821. The SMILES string of the molecule is CCCCCCCCCCCCCCCCCCCCCCCCCCCCCCCCC(=O)OCC(COC(=O)CCCCCCCCCCCCCCC)OC(=O)CCCCCCCCCCCCCCCCCCC. The van der Waals surface area contributed by atoms with Crippen LogP contribution in [0.3, 0.4) is 0 Å². The van der Waals surface area contributed by atoms with Crippen molar-refractivity contribution in [3.8, 4) is 0 Å². The zero-order chi connectivity index (χ0) is 56.4. The molecule has 0 spiro atoms. The van der Waals surface area contributed by atoms with E-state index >= 15 is 0 Å². The molecule has 0 saturated heterocycles. The van der Waals surface area contributed by atoms with E-state index in [9.17, 15) is 14.4 Å².